The lowest BCUT2D eigenvalue weighted by Gasteiger charge is -2.24. The Balaban J connectivity index is 1.76. The van der Waals surface area contributed by atoms with E-state index in [-0.39, 0.29) is 16.1 Å². The molecule has 158 valence electrons. The van der Waals surface area contributed by atoms with Crippen LogP contribution in [-0.2, 0) is 20.5 Å². The summed E-state index contributed by atoms with van der Waals surface area (Å²) in [6.07, 6.45) is 0. The number of nitrogens with zero attached hydrogens (tertiary/aromatic N) is 1. The van der Waals surface area contributed by atoms with Gasteiger partial charge in [0.2, 0.25) is 5.91 Å². The molecule has 0 radical (unpaired) electrons. The third-order valence-electron chi connectivity index (χ3n) is 5.11. The van der Waals surface area contributed by atoms with Gasteiger partial charge in [-0.15, -0.1) is 0 Å². The number of anilines is 1. The van der Waals surface area contributed by atoms with Crippen LogP contribution in [-0.4, -0.2) is 29.3 Å². The van der Waals surface area contributed by atoms with Crippen LogP contribution in [0.15, 0.2) is 42.5 Å². The maximum Gasteiger partial charge on any atom is 0.325 e. The van der Waals surface area contributed by atoms with Gasteiger partial charge in [0.1, 0.15) is 17.9 Å². The number of imide groups is 1. The average Bonchev–Trinajstić information content (AvgIpc) is 2.87. The van der Waals surface area contributed by atoms with Gasteiger partial charge < -0.3 is 10.6 Å². The lowest BCUT2D eigenvalue weighted by atomic mass is 9.84. The molecule has 1 heterocycles. The SMILES string of the molecule is CC(C)(C)c1ccc(C2(C)NC(=O)N(CC(=O)Nc3ccc(F)cc3Cl)C2=O)cc1. The third kappa shape index (κ3) is 4.16. The number of nitrogens with one attached hydrogen (secondary N) is 2. The minimum atomic E-state index is -1.28. The fourth-order valence-corrected chi connectivity index (χ4v) is 3.48. The number of hydrogen-bond donors (Lipinski definition) is 2. The second kappa shape index (κ2) is 7.72. The van der Waals surface area contributed by atoms with Crippen molar-refractivity contribution in [1.82, 2.24) is 10.2 Å². The number of amides is 4. The Hall–Kier alpha value is -2.93. The minimum Gasteiger partial charge on any atom is -0.323 e. The van der Waals surface area contributed by atoms with E-state index in [0.29, 0.717) is 5.56 Å². The van der Waals surface area contributed by atoms with Gasteiger partial charge in [0, 0.05) is 0 Å². The lowest BCUT2D eigenvalue weighted by Crippen LogP contribution is -2.42. The monoisotopic (exact) mass is 431 g/mol. The highest BCUT2D eigenvalue weighted by Gasteiger charge is 2.49. The van der Waals surface area contributed by atoms with Gasteiger partial charge in [-0.2, -0.15) is 0 Å². The van der Waals surface area contributed by atoms with Gasteiger partial charge >= 0.3 is 6.03 Å². The Morgan fingerprint density at radius 3 is 2.37 bits per heavy atom. The van der Waals surface area contributed by atoms with Crippen molar-refractivity contribution in [2.24, 2.45) is 0 Å². The van der Waals surface area contributed by atoms with Crippen LogP contribution in [0.5, 0.6) is 0 Å². The van der Waals surface area contributed by atoms with E-state index in [9.17, 15) is 18.8 Å². The Morgan fingerprint density at radius 1 is 1.17 bits per heavy atom. The molecule has 1 saturated heterocycles. The Morgan fingerprint density at radius 2 is 1.80 bits per heavy atom. The molecule has 8 heteroatoms. The standard InChI is InChI=1S/C22H23ClFN3O3/c1-21(2,3)13-5-7-14(8-6-13)22(4)19(29)27(20(30)26-22)12-18(28)25-17-10-9-15(24)11-16(17)23/h5-11H,12H2,1-4H3,(H,25,28)(H,26,30). The van der Waals surface area contributed by atoms with Gasteiger partial charge in [-0.1, -0.05) is 56.6 Å². The second-order valence-electron chi connectivity index (χ2n) is 8.45. The lowest BCUT2D eigenvalue weighted by molar-refractivity contribution is -0.133. The van der Waals surface area contributed by atoms with Crippen molar-refractivity contribution in [3.63, 3.8) is 0 Å². The van der Waals surface area contributed by atoms with Crippen molar-refractivity contribution in [3.05, 3.63) is 64.4 Å². The second-order valence-corrected chi connectivity index (χ2v) is 8.85. The topological polar surface area (TPSA) is 78.5 Å². The molecule has 0 aliphatic carbocycles. The molecule has 0 bridgehead atoms. The predicted molar refractivity (Wildman–Crippen MR) is 113 cm³/mol. The number of benzene rings is 2. The highest BCUT2D eigenvalue weighted by Crippen LogP contribution is 2.31. The summed E-state index contributed by atoms with van der Waals surface area (Å²) in [5.41, 5.74) is 0.586. The molecule has 1 aliphatic heterocycles. The zero-order valence-electron chi connectivity index (χ0n) is 17.2. The summed E-state index contributed by atoms with van der Waals surface area (Å²) in [6.45, 7) is 7.36. The molecule has 0 aromatic heterocycles. The van der Waals surface area contributed by atoms with E-state index in [1.165, 1.54) is 6.07 Å². The largest absolute Gasteiger partial charge is 0.325 e. The predicted octanol–water partition coefficient (Wildman–Crippen LogP) is 4.18. The maximum atomic E-state index is 13.1. The van der Waals surface area contributed by atoms with Crippen LogP contribution in [0.25, 0.3) is 0 Å². The zero-order valence-corrected chi connectivity index (χ0v) is 17.9. The van der Waals surface area contributed by atoms with E-state index in [4.69, 9.17) is 11.6 Å². The van der Waals surface area contributed by atoms with E-state index >= 15 is 0 Å². The summed E-state index contributed by atoms with van der Waals surface area (Å²) >= 11 is 5.90. The van der Waals surface area contributed by atoms with Crippen LogP contribution < -0.4 is 10.6 Å². The van der Waals surface area contributed by atoms with Gasteiger partial charge in [-0.3, -0.25) is 14.5 Å². The minimum absolute atomic E-state index is 0.0179. The van der Waals surface area contributed by atoms with Gasteiger partial charge in [0.15, 0.2) is 0 Å². The number of carbonyl (C=O) groups excluding carboxylic acids is 3. The Kier molecular flexibility index (Phi) is 5.60. The van der Waals surface area contributed by atoms with E-state index in [1.54, 1.807) is 19.1 Å². The summed E-state index contributed by atoms with van der Waals surface area (Å²) in [7, 11) is 0. The fraction of sp³-hybridized carbons (Fsp3) is 0.318. The molecule has 1 atom stereocenters. The van der Waals surface area contributed by atoms with Crippen LogP contribution >= 0.6 is 11.6 Å². The highest BCUT2D eigenvalue weighted by molar-refractivity contribution is 6.33. The summed E-state index contributed by atoms with van der Waals surface area (Å²) in [4.78, 5) is 38.7. The van der Waals surface area contributed by atoms with Crippen molar-refractivity contribution < 1.29 is 18.8 Å². The molecule has 0 saturated carbocycles. The molecule has 0 spiro atoms. The molecule has 2 aromatic carbocycles. The maximum absolute atomic E-state index is 13.1. The van der Waals surface area contributed by atoms with Gasteiger partial charge in [0.05, 0.1) is 10.7 Å². The molecule has 2 aromatic rings. The normalized spacial score (nSPS) is 19.1. The van der Waals surface area contributed by atoms with Gasteiger partial charge in [0.25, 0.3) is 5.91 Å². The highest BCUT2D eigenvalue weighted by atomic mass is 35.5. The summed E-state index contributed by atoms with van der Waals surface area (Å²) in [6, 6.07) is 10.3. The van der Waals surface area contributed by atoms with Crippen LogP contribution in [0.1, 0.15) is 38.8 Å². The first-order chi connectivity index (χ1) is 13.9. The molecular weight excluding hydrogens is 409 g/mol. The number of hydrogen-bond acceptors (Lipinski definition) is 3. The van der Waals surface area contributed by atoms with Crippen LogP contribution in [0.4, 0.5) is 14.9 Å². The number of urea groups is 1. The quantitative estimate of drug-likeness (QED) is 0.713. The molecule has 1 fully saturated rings. The van der Waals surface area contributed by atoms with Crippen molar-refractivity contribution in [3.8, 4) is 0 Å². The van der Waals surface area contributed by atoms with E-state index in [2.05, 4.69) is 31.4 Å². The molecular formula is C22H23ClFN3O3. The number of carbonyl (C=O) groups is 3. The van der Waals surface area contributed by atoms with Crippen molar-refractivity contribution in [2.45, 2.75) is 38.6 Å². The molecule has 1 aliphatic rings. The summed E-state index contributed by atoms with van der Waals surface area (Å²) in [5, 5.41) is 5.18. The first-order valence-corrected chi connectivity index (χ1v) is 9.79. The number of rotatable bonds is 4. The zero-order chi connectivity index (χ0) is 22.3. The summed E-state index contributed by atoms with van der Waals surface area (Å²) < 4.78 is 13.1. The van der Waals surface area contributed by atoms with Crippen molar-refractivity contribution in [1.29, 1.82) is 0 Å². The molecule has 1 unspecified atom stereocenters. The van der Waals surface area contributed by atoms with Crippen molar-refractivity contribution in [2.75, 3.05) is 11.9 Å². The first kappa shape index (κ1) is 21.8. The first-order valence-electron chi connectivity index (χ1n) is 9.42. The molecule has 6 nitrogen and oxygen atoms in total. The molecule has 2 N–H and O–H groups in total. The Bertz CT molecular complexity index is 1020. The van der Waals surface area contributed by atoms with Gasteiger partial charge in [-0.05, 0) is 41.7 Å². The van der Waals surface area contributed by atoms with Crippen LogP contribution in [0, 0.1) is 5.82 Å². The van der Waals surface area contributed by atoms with E-state index < -0.39 is 35.7 Å². The Labute approximate surface area is 179 Å². The fourth-order valence-electron chi connectivity index (χ4n) is 3.26. The molecule has 3 rings (SSSR count). The number of halogens is 2. The van der Waals surface area contributed by atoms with Crippen LogP contribution in [0.2, 0.25) is 5.02 Å². The van der Waals surface area contributed by atoms with Crippen molar-refractivity contribution >= 4 is 35.1 Å². The molecule has 30 heavy (non-hydrogen) atoms. The van der Waals surface area contributed by atoms with Crippen LogP contribution in [0.3, 0.4) is 0 Å². The smallest absolute Gasteiger partial charge is 0.323 e. The van der Waals surface area contributed by atoms with E-state index in [1.807, 2.05) is 12.1 Å². The van der Waals surface area contributed by atoms with E-state index in [0.717, 1.165) is 22.6 Å². The molecule has 4 amide bonds. The average molecular weight is 432 g/mol. The van der Waals surface area contributed by atoms with Gasteiger partial charge in [-0.25, -0.2) is 9.18 Å². The third-order valence-corrected chi connectivity index (χ3v) is 5.42. The summed E-state index contributed by atoms with van der Waals surface area (Å²) in [5.74, 6) is -1.70.